The van der Waals surface area contributed by atoms with Crippen LogP contribution in [-0.2, 0) is 62.6 Å². The summed E-state index contributed by atoms with van der Waals surface area (Å²) in [6, 6.07) is 64.3. The smallest absolute Gasteiger partial charge is 0.416 e. The number of amides is 6. The molecule has 16 aromatic rings. The van der Waals surface area contributed by atoms with Gasteiger partial charge in [0.15, 0.2) is 13.2 Å². The molecule has 21 rings (SSSR count). The average Bonchev–Trinajstić information content (AvgIpc) is 1.61. The number of carbonyl (C=O) groups is 6. The number of nitrogens with zero attached hydrogens (tertiary/aromatic N) is 12. The van der Waals surface area contributed by atoms with Gasteiger partial charge in [-0.3, -0.25) is 34.1 Å². The summed E-state index contributed by atoms with van der Waals surface area (Å²) in [6.45, 7) is 12.9. The number of hydrogen-bond acceptors (Lipinski definition) is 21. The number of halogens is 6. The lowest BCUT2D eigenvalue weighted by Crippen LogP contribution is -2.50. The van der Waals surface area contributed by atoms with Gasteiger partial charge in [0.2, 0.25) is 0 Å². The molecule has 0 spiro atoms. The predicted octanol–water partition coefficient (Wildman–Crippen LogP) is 20.4. The number of fused-ring (bicyclic) bond motifs is 12. The van der Waals surface area contributed by atoms with Gasteiger partial charge in [-0.15, -0.1) is 0 Å². The number of carbonyl (C=O) groups excluding carboxylic acids is 6. The summed E-state index contributed by atoms with van der Waals surface area (Å²) in [7, 11) is 1.58. The van der Waals surface area contributed by atoms with Crippen LogP contribution in [0.25, 0.3) is 43.6 Å². The number of methoxy groups -OCH3 is 1. The van der Waals surface area contributed by atoms with Gasteiger partial charge in [-0.05, 0) is 254 Å². The van der Waals surface area contributed by atoms with Gasteiger partial charge >= 0.3 is 24.4 Å². The number of H-pyrrole nitrogens is 4. The molecule has 4 atom stereocenters. The van der Waals surface area contributed by atoms with Gasteiger partial charge in [0.25, 0.3) is 11.8 Å². The summed E-state index contributed by atoms with van der Waals surface area (Å²) in [5, 5.41) is 35.7. The van der Waals surface area contributed by atoms with E-state index in [9.17, 15) is 33.2 Å². The number of aryl methyl sites for hydroxylation is 2. The molecule has 150 heavy (non-hydrogen) atoms. The second kappa shape index (κ2) is 49.5. The Morgan fingerprint density at radius 3 is 1.04 bits per heavy atom. The Bertz CT molecular complexity index is 7100. The van der Waals surface area contributed by atoms with E-state index in [-0.39, 0.29) is 67.7 Å². The summed E-state index contributed by atoms with van der Waals surface area (Å²) in [6.07, 6.45) is 9.21. The van der Waals surface area contributed by atoms with Crippen LogP contribution in [0, 0.1) is 5.82 Å². The molecule has 10 aromatic carbocycles. The van der Waals surface area contributed by atoms with Crippen molar-refractivity contribution in [2.45, 2.75) is 89.6 Å². The predicted molar refractivity (Wildman–Crippen MR) is 568 cm³/mol. The molecule has 6 N–H and O–H groups in total. The Hall–Kier alpha value is -14.9. The summed E-state index contributed by atoms with van der Waals surface area (Å²) in [4.78, 5) is 105. The van der Waals surface area contributed by atoms with Crippen molar-refractivity contribution in [3.05, 3.63) is 341 Å². The lowest BCUT2D eigenvalue weighted by atomic mass is 9.92. The van der Waals surface area contributed by atoms with E-state index >= 15 is 0 Å². The standard InChI is InChI=1S/C29H25Cl2N5O3.C29H25ClFN5O3.C28H33ClN4O5.C25H28ClN3O5/c30-20-4-9-23(10-5-20)39-29(37)35-16-12-24-25-18-21(31)6-11-26(25)34-27(24)28(35)19-2-7-22(8-3-19)38-17-1-15-36-32-13-14-33-36;30-20-4-11-26-25(18-20)24-12-16-35(29(37)39-23-9-5-21(31)6-10-23)28(27(24)34-26)19-2-7-22(8-3-19)38-17-1-15-36-32-13-14-33-36;1-2-37-28(36)33-10-9-22-23-17-20(29)5-8-24(23)30-26(22)27(33)19-3-6-21(7-4-19)38-18-25(35)32-13-11-31(12-14-32)15-16-34;1-3-33-25(31)29-12-10-19-20-14-17(26)6-9-21(20)28-23(19)24(29)16-4-7-18(8-5-16)34-15-22(30)27-11-13-32-2/h2*2-11,13-14,18,28,34H,1,12,15-17H2;3-8,17,27,30,34H,2,9-16,18H2,1H3;4-9,14,24,28H,3,10-13,15H2,1-2H3,(H,27,30). The molecule has 0 aliphatic carbocycles. The number of aliphatic hydroxyl groups is 1. The summed E-state index contributed by atoms with van der Waals surface area (Å²) in [5.41, 5.74) is 15.9. The van der Waals surface area contributed by atoms with E-state index in [1.807, 2.05) is 158 Å². The lowest BCUT2D eigenvalue weighted by molar-refractivity contribution is -0.135. The number of piperazine rings is 1. The number of β-amino-alcohol motifs (C(OH)–C–C–N with tert-alkyl or cyclic N) is 1. The number of benzene rings is 10. The van der Waals surface area contributed by atoms with Gasteiger partial charge in [-0.25, -0.2) is 23.6 Å². The first kappa shape index (κ1) is 105. The summed E-state index contributed by atoms with van der Waals surface area (Å²) >= 11 is 31.2. The number of aromatic nitrogens is 10. The van der Waals surface area contributed by atoms with Crippen LogP contribution in [-0.4, -0.2) is 246 Å². The van der Waals surface area contributed by atoms with Crippen LogP contribution in [0.5, 0.6) is 34.5 Å². The zero-order valence-corrected chi connectivity index (χ0v) is 86.3. The molecular formula is C111H111Cl5FN17O16. The number of rotatable bonds is 29. The Kier molecular flexibility index (Phi) is 34.7. The van der Waals surface area contributed by atoms with Crippen molar-refractivity contribution in [3.63, 3.8) is 0 Å². The summed E-state index contributed by atoms with van der Waals surface area (Å²) < 4.78 is 63.6. The quantitative estimate of drug-likeness (QED) is 0.0237. The third-order valence-electron chi connectivity index (χ3n) is 26.6. The normalized spacial score (nSPS) is 15.7. The van der Waals surface area contributed by atoms with E-state index in [1.54, 1.807) is 116 Å². The largest absolute Gasteiger partial charge is 0.494 e. The van der Waals surface area contributed by atoms with Gasteiger partial charge in [0.05, 0.1) is 77.5 Å². The average molecular weight is 2140 g/mol. The van der Waals surface area contributed by atoms with Crippen LogP contribution in [0.3, 0.4) is 0 Å². The van der Waals surface area contributed by atoms with E-state index in [0.717, 1.165) is 148 Å². The molecule has 11 heterocycles. The van der Waals surface area contributed by atoms with Crippen LogP contribution in [0.4, 0.5) is 23.6 Å². The Morgan fingerprint density at radius 2 is 0.700 bits per heavy atom. The van der Waals surface area contributed by atoms with Crippen LogP contribution < -0.4 is 33.7 Å². The van der Waals surface area contributed by atoms with Gasteiger partial charge in [0.1, 0.15) is 64.5 Å². The molecule has 6 aromatic heterocycles. The minimum absolute atomic E-state index is 0.0371. The third-order valence-corrected chi connectivity index (χ3v) is 27.8. The van der Waals surface area contributed by atoms with Gasteiger partial charge in [-0.2, -0.15) is 30.0 Å². The van der Waals surface area contributed by atoms with Crippen molar-refractivity contribution in [1.82, 2.24) is 84.6 Å². The maximum absolute atomic E-state index is 13.5. The van der Waals surface area contributed by atoms with E-state index in [2.05, 4.69) is 50.5 Å². The highest BCUT2D eigenvalue weighted by molar-refractivity contribution is 6.32. The maximum atomic E-state index is 13.5. The van der Waals surface area contributed by atoms with Gasteiger partial charge in [-0.1, -0.05) is 107 Å². The van der Waals surface area contributed by atoms with Crippen molar-refractivity contribution in [2.24, 2.45) is 0 Å². The summed E-state index contributed by atoms with van der Waals surface area (Å²) in [5.74, 6) is 2.68. The molecule has 0 bridgehead atoms. The monoisotopic (exact) mass is 2130 g/mol. The molecule has 5 aliphatic rings. The molecule has 1 fully saturated rings. The zero-order valence-electron chi connectivity index (χ0n) is 82.5. The van der Waals surface area contributed by atoms with Crippen LogP contribution >= 0.6 is 58.0 Å². The first-order valence-electron chi connectivity index (χ1n) is 49.6. The Balaban J connectivity index is 0.000000131. The minimum atomic E-state index is -0.512. The molecule has 778 valence electrons. The first-order valence-corrected chi connectivity index (χ1v) is 51.5. The fraction of sp³-hybridized carbons (Fsp3) is 0.297. The highest BCUT2D eigenvalue weighted by atomic mass is 35.5. The highest BCUT2D eigenvalue weighted by Crippen LogP contribution is 2.46. The van der Waals surface area contributed by atoms with Crippen molar-refractivity contribution < 1.29 is 80.9 Å². The van der Waals surface area contributed by atoms with Gasteiger partial charge in [0, 0.05) is 177 Å². The van der Waals surface area contributed by atoms with E-state index in [4.69, 9.17) is 106 Å². The molecule has 1 saturated heterocycles. The van der Waals surface area contributed by atoms with Crippen LogP contribution in [0.1, 0.15) is 118 Å². The zero-order chi connectivity index (χ0) is 104. The fourth-order valence-electron chi connectivity index (χ4n) is 19.5. The SMILES string of the molecule is CCOC(=O)N1CCc2c([nH]c3ccc(Cl)cc23)C1c1ccc(OCC(=O)N2CCN(CCO)CC2)cc1.CCOC(=O)N1CCc2c([nH]c3ccc(Cl)cc23)C1c1ccc(OCC(=O)NCCOC)cc1.O=C(Oc1ccc(Cl)cc1)N1CCc2c([nH]c3ccc(Cl)cc23)C1c1ccc(OCCCn2nccn2)cc1.O=C(Oc1ccc(F)cc1)N1CCc2c([nH]c3ccc(Cl)cc23)C1c1ccc(OCCCn2nccn2)cc1. The van der Waals surface area contributed by atoms with Crippen LogP contribution in [0.15, 0.2) is 243 Å². The van der Waals surface area contributed by atoms with Crippen molar-refractivity contribution in [3.8, 4) is 34.5 Å². The third kappa shape index (κ3) is 25.3. The minimum Gasteiger partial charge on any atom is -0.494 e. The molecule has 33 nitrogen and oxygen atoms in total. The molecular weight excluding hydrogens is 2020 g/mol. The molecule has 39 heteroatoms. The van der Waals surface area contributed by atoms with Crippen molar-refractivity contribution in [1.29, 1.82) is 0 Å². The Morgan fingerprint density at radius 1 is 0.380 bits per heavy atom. The van der Waals surface area contributed by atoms with E-state index < -0.39 is 24.0 Å². The van der Waals surface area contributed by atoms with Crippen molar-refractivity contribution in [2.75, 3.05) is 125 Å². The molecule has 6 amide bonds. The number of nitrogens with one attached hydrogen (secondary N) is 5. The highest BCUT2D eigenvalue weighted by Gasteiger charge is 2.41. The molecule has 0 radical (unpaired) electrons. The second-order valence-electron chi connectivity index (χ2n) is 36.1. The molecule has 4 unspecified atom stereocenters. The molecule has 5 aliphatic heterocycles. The first-order chi connectivity index (χ1) is 73.1. The van der Waals surface area contributed by atoms with Gasteiger partial charge < -0.3 is 77.9 Å². The Labute approximate surface area is 888 Å². The van der Waals surface area contributed by atoms with Crippen molar-refractivity contribution >= 4 is 138 Å². The topological polar surface area (TPSA) is 362 Å². The number of aromatic amines is 4. The van der Waals surface area contributed by atoms with E-state index in [0.29, 0.717) is 167 Å². The fourth-order valence-corrected chi connectivity index (χ4v) is 20.4. The number of hydrogen-bond donors (Lipinski definition) is 6. The maximum Gasteiger partial charge on any atom is 0.416 e. The number of ether oxygens (including phenoxy) is 9. The van der Waals surface area contributed by atoms with E-state index in [1.165, 1.54) is 24.3 Å². The number of aliphatic hydroxyl groups excluding tert-OH is 1. The second-order valence-corrected chi connectivity index (χ2v) is 38.2. The van der Waals surface area contributed by atoms with Crippen LogP contribution in [0.2, 0.25) is 25.1 Å². The molecule has 0 saturated carbocycles. The lowest BCUT2D eigenvalue weighted by Gasteiger charge is -2.35.